The van der Waals surface area contributed by atoms with Gasteiger partial charge in [0.25, 0.3) is 5.91 Å². The summed E-state index contributed by atoms with van der Waals surface area (Å²) in [6.45, 7) is 4.38. The van der Waals surface area contributed by atoms with Crippen molar-refractivity contribution in [2.75, 3.05) is 39.3 Å². The maximum absolute atomic E-state index is 12.5. The number of hydrogen-bond donors (Lipinski definition) is 3. The molecule has 2 aliphatic rings. The summed E-state index contributed by atoms with van der Waals surface area (Å²) >= 11 is 0. The zero-order chi connectivity index (χ0) is 16.9. The van der Waals surface area contributed by atoms with Crippen molar-refractivity contribution in [3.05, 3.63) is 0 Å². The fraction of sp³-hybridized carbons (Fsp3) is 0.800. The quantitative estimate of drug-likeness (QED) is 0.536. The van der Waals surface area contributed by atoms with Crippen molar-refractivity contribution in [3.63, 3.8) is 0 Å². The second kappa shape index (κ2) is 7.74. The average Bonchev–Trinajstić information content (AvgIpc) is 2.76. The van der Waals surface area contributed by atoms with E-state index in [1.807, 2.05) is 11.8 Å². The number of nitrogens with one attached hydrogen (secondary N) is 2. The smallest absolute Gasteiger partial charge is 0.325 e. The maximum atomic E-state index is 12.5. The molecule has 23 heavy (non-hydrogen) atoms. The Kier molecular flexibility index (Phi) is 5.95. The van der Waals surface area contributed by atoms with E-state index >= 15 is 0 Å². The SMILES string of the molecule is CCCNC(=O)CN1CCC2(CC1)NC(=O)N(CCCO)C2=O. The summed E-state index contributed by atoms with van der Waals surface area (Å²) in [5.74, 6) is -0.208. The molecule has 2 aliphatic heterocycles. The minimum Gasteiger partial charge on any atom is -0.396 e. The number of hydrogen-bond acceptors (Lipinski definition) is 5. The summed E-state index contributed by atoms with van der Waals surface area (Å²) in [5.41, 5.74) is -0.830. The number of likely N-dealkylation sites (tertiary alicyclic amines) is 1. The molecular weight excluding hydrogens is 300 g/mol. The number of nitrogens with zero attached hydrogens (tertiary/aromatic N) is 2. The van der Waals surface area contributed by atoms with E-state index in [2.05, 4.69) is 10.6 Å². The van der Waals surface area contributed by atoms with Gasteiger partial charge in [-0.05, 0) is 25.7 Å². The number of carbonyl (C=O) groups is 3. The fourth-order valence-electron chi connectivity index (χ4n) is 3.06. The monoisotopic (exact) mass is 326 g/mol. The van der Waals surface area contributed by atoms with Gasteiger partial charge in [-0.25, -0.2) is 4.79 Å². The lowest BCUT2D eigenvalue weighted by molar-refractivity contribution is -0.133. The Morgan fingerprint density at radius 3 is 2.65 bits per heavy atom. The van der Waals surface area contributed by atoms with Gasteiger partial charge in [-0.15, -0.1) is 0 Å². The molecule has 0 saturated carbocycles. The van der Waals surface area contributed by atoms with Crippen LogP contribution in [0.15, 0.2) is 0 Å². The minimum atomic E-state index is -0.830. The first-order chi connectivity index (χ1) is 11.0. The standard InChI is InChI=1S/C15H26N4O4/c1-2-6-16-12(21)11-18-8-4-15(5-9-18)13(22)19(7-3-10-20)14(23)17-15/h20H,2-11H2,1H3,(H,16,21)(H,17,23). The van der Waals surface area contributed by atoms with Gasteiger partial charge in [0.05, 0.1) is 6.54 Å². The summed E-state index contributed by atoms with van der Waals surface area (Å²) < 4.78 is 0. The number of piperidine rings is 1. The highest BCUT2D eigenvalue weighted by Crippen LogP contribution is 2.29. The third-order valence-corrected chi connectivity index (χ3v) is 4.43. The molecular formula is C15H26N4O4. The lowest BCUT2D eigenvalue weighted by Gasteiger charge is -2.36. The topological polar surface area (TPSA) is 102 Å². The number of amides is 4. The van der Waals surface area contributed by atoms with Crippen LogP contribution in [0.4, 0.5) is 4.79 Å². The predicted molar refractivity (Wildman–Crippen MR) is 83.7 cm³/mol. The Labute approximate surface area is 136 Å². The molecule has 1 spiro atoms. The summed E-state index contributed by atoms with van der Waals surface area (Å²) in [4.78, 5) is 39.5. The van der Waals surface area contributed by atoms with Crippen LogP contribution >= 0.6 is 0 Å². The molecule has 0 aromatic carbocycles. The van der Waals surface area contributed by atoms with Crippen LogP contribution in [0.25, 0.3) is 0 Å². The molecule has 2 saturated heterocycles. The van der Waals surface area contributed by atoms with E-state index in [1.165, 1.54) is 4.90 Å². The molecule has 0 bridgehead atoms. The van der Waals surface area contributed by atoms with Gasteiger partial charge in [0.15, 0.2) is 0 Å². The molecule has 0 radical (unpaired) electrons. The normalized spacial score (nSPS) is 20.9. The highest BCUT2D eigenvalue weighted by Gasteiger charge is 2.52. The Bertz CT molecular complexity index is 460. The van der Waals surface area contributed by atoms with E-state index < -0.39 is 5.54 Å². The van der Waals surface area contributed by atoms with Gasteiger partial charge in [-0.3, -0.25) is 19.4 Å². The van der Waals surface area contributed by atoms with Gasteiger partial charge in [0.2, 0.25) is 5.91 Å². The van der Waals surface area contributed by atoms with Crippen molar-refractivity contribution in [3.8, 4) is 0 Å². The van der Waals surface area contributed by atoms with Crippen LogP contribution in [-0.4, -0.2) is 77.6 Å². The van der Waals surface area contributed by atoms with Crippen LogP contribution in [0.1, 0.15) is 32.6 Å². The fourth-order valence-corrected chi connectivity index (χ4v) is 3.06. The number of urea groups is 1. The summed E-state index contributed by atoms with van der Waals surface area (Å²) in [6, 6.07) is -0.377. The first-order valence-corrected chi connectivity index (χ1v) is 8.26. The van der Waals surface area contributed by atoms with Crippen molar-refractivity contribution in [1.82, 2.24) is 20.4 Å². The zero-order valence-electron chi connectivity index (χ0n) is 13.6. The third kappa shape index (κ3) is 4.00. The molecule has 8 heteroatoms. The average molecular weight is 326 g/mol. The van der Waals surface area contributed by atoms with Crippen molar-refractivity contribution in [2.45, 2.75) is 38.1 Å². The van der Waals surface area contributed by atoms with E-state index in [1.54, 1.807) is 0 Å². The molecule has 8 nitrogen and oxygen atoms in total. The van der Waals surface area contributed by atoms with Crippen LogP contribution in [0, 0.1) is 0 Å². The molecule has 2 fully saturated rings. The minimum absolute atomic E-state index is 0.00541. The lowest BCUT2D eigenvalue weighted by atomic mass is 9.87. The van der Waals surface area contributed by atoms with Crippen LogP contribution in [-0.2, 0) is 9.59 Å². The van der Waals surface area contributed by atoms with Crippen molar-refractivity contribution >= 4 is 17.8 Å². The molecule has 130 valence electrons. The summed E-state index contributed by atoms with van der Waals surface area (Å²) in [6.07, 6.45) is 2.31. The Morgan fingerprint density at radius 2 is 2.04 bits per heavy atom. The highest BCUT2D eigenvalue weighted by molar-refractivity contribution is 6.07. The van der Waals surface area contributed by atoms with Crippen molar-refractivity contribution in [1.29, 1.82) is 0 Å². The Balaban J connectivity index is 1.87. The second-order valence-corrected chi connectivity index (χ2v) is 6.17. The van der Waals surface area contributed by atoms with Gasteiger partial charge in [-0.1, -0.05) is 6.92 Å². The van der Waals surface area contributed by atoms with E-state index in [9.17, 15) is 14.4 Å². The van der Waals surface area contributed by atoms with Gasteiger partial charge >= 0.3 is 6.03 Å². The Hall–Kier alpha value is -1.67. The molecule has 4 amide bonds. The van der Waals surface area contributed by atoms with Gasteiger partial charge in [-0.2, -0.15) is 0 Å². The molecule has 0 unspecified atom stereocenters. The molecule has 0 aromatic rings. The molecule has 0 aliphatic carbocycles. The van der Waals surface area contributed by atoms with Crippen LogP contribution in [0.5, 0.6) is 0 Å². The van der Waals surface area contributed by atoms with Gasteiger partial charge in [0, 0.05) is 32.8 Å². The lowest BCUT2D eigenvalue weighted by Crippen LogP contribution is -2.56. The Morgan fingerprint density at radius 1 is 1.35 bits per heavy atom. The molecule has 2 heterocycles. The molecule has 2 rings (SSSR count). The molecule has 0 atom stereocenters. The second-order valence-electron chi connectivity index (χ2n) is 6.17. The summed E-state index contributed by atoms with van der Waals surface area (Å²) in [7, 11) is 0. The third-order valence-electron chi connectivity index (χ3n) is 4.43. The van der Waals surface area contributed by atoms with E-state index in [-0.39, 0.29) is 31.0 Å². The number of aliphatic hydroxyl groups excluding tert-OH is 1. The van der Waals surface area contributed by atoms with Gasteiger partial charge in [0.1, 0.15) is 5.54 Å². The maximum Gasteiger partial charge on any atom is 0.325 e. The number of rotatable bonds is 7. The van der Waals surface area contributed by atoms with Crippen molar-refractivity contribution in [2.24, 2.45) is 0 Å². The van der Waals surface area contributed by atoms with Gasteiger partial charge < -0.3 is 15.7 Å². The van der Waals surface area contributed by atoms with E-state index in [0.717, 1.165) is 6.42 Å². The highest BCUT2D eigenvalue weighted by atomic mass is 16.3. The molecule has 0 aromatic heterocycles. The first kappa shape index (κ1) is 17.7. The van der Waals surface area contributed by atoms with Crippen LogP contribution in [0.3, 0.4) is 0 Å². The first-order valence-electron chi connectivity index (χ1n) is 8.26. The van der Waals surface area contributed by atoms with E-state index in [4.69, 9.17) is 5.11 Å². The van der Waals surface area contributed by atoms with Crippen LogP contribution in [0.2, 0.25) is 0 Å². The summed E-state index contributed by atoms with van der Waals surface area (Å²) in [5, 5.41) is 14.5. The largest absolute Gasteiger partial charge is 0.396 e. The predicted octanol–water partition coefficient (Wildman–Crippen LogP) is -0.719. The number of imide groups is 1. The number of carbonyl (C=O) groups excluding carboxylic acids is 3. The van der Waals surface area contributed by atoms with Crippen LogP contribution < -0.4 is 10.6 Å². The van der Waals surface area contributed by atoms with Crippen molar-refractivity contribution < 1.29 is 19.5 Å². The molecule has 3 N–H and O–H groups in total. The van der Waals surface area contributed by atoms with E-state index in [0.29, 0.717) is 45.4 Å². The zero-order valence-corrected chi connectivity index (χ0v) is 13.6. The number of aliphatic hydroxyl groups is 1.